The Morgan fingerprint density at radius 1 is 0.727 bits per heavy atom. The normalized spacial score (nSPS) is 3.27. The van der Waals surface area contributed by atoms with Crippen LogP contribution >= 0.6 is 8.60 Å². The van der Waals surface area contributed by atoms with Gasteiger partial charge in [-0.05, 0) is 0 Å². The molecule has 0 fully saturated rings. The van der Waals surface area contributed by atoms with Gasteiger partial charge in [-0.1, -0.05) is 0 Å². The van der Waals surface area contributed by atoms with E-state index in [1.807, 2.05) is 0 Å². The molecule has 0 amide bonds. The SMILES string of the molecule is O.O.O.O.O.[Na+].[Na+].[O-]P([O-])O. The van der Waals surface area contributed by atoms with E-state index in [1.165, 1.54) is 0 Å². The van der Waals surface area contributed by atoms with Gasteiger partial charge in [-0.2, -0.15) is 8.60 Å². The van der Waals surface area contributed by atoms with E-state index in [9.17, 15) is 0 Å². The van der Waals surface area contributed by atoms with Gasteiger partial charge in [0.05, 0.1) is 0 Å². The summed E-state index contributed by atoms with van der Waals surface area (Å²) in [4.78, 5) is 24.2. The van der Waals surface area contributed by atoms with Crippen molar-refractivity contribution >= 4 is 8.60 Å². The first-order valence-corrected chi connectivity index (χ1v) is 1.70. The fourth-order valence-electron chi connectivity index (χ4n) is 0. The third-order valence-corrected chi connectivity index (χ3v) is 0. The molecule has 66 valence electrons. The molecule has 0 aliphatic heterocycles. The van der Waals surface area contributed by atoms with Crippen molar-refractivity contribution in [3.05, 3.63) is 0 Å². The first kappa shape index (κ1) is 73.6. The summed E-state index contributed by atoms with van der Waals surface area (Å²) in [5.74, 6) is 0. The Labute approximate surface area is 109 Å². The molecule has 0 aromatic heterocycles. The first-order chi connectivity index (χ1) is 1.73. The number of hydrogen-bond donors (Lipinski definition) is 1. The summed E-state index contributed by atoms with van der Waals surface area (Å²) >= 11 is 0. The standard InChI is InChI=1S/2Na.HO3P.5H2O/c;;1-4(2)3;;;;;/h;;1H;5*1H2/q2*+1;-2;;;;;. The van der Waals surface area contributed by atoms with Gasteiger partial charge < -0.3 is 42.1 Å². The van der Waals surface area contributed by atoms with E-state index in [0.29, 0.717) is 0 Å². The van der Waals surface area contributed by atoms with Gasteiger partial charge in [-0.15, -0.1) is 0 Å². The van der Waals surface area contributed by atoms with Gasteiger partial charge in [0.15, 0.2) is 0 Å². The second kappa shape index (κ2) is 57.2. The van der Waals surface area contributed by atoms with Crippen LogP contribution in [-0.2, 0) is 0 Å². The van der Waals surface area contributed by atoms with Crippen LogP contribution in [0.25, 0.3) is 0 Å². The Morgan fingerprint density at radius 2 is 0.727 bits per heavy atom. The zero-order valence-corrected chi connectivity index (χ0v) is 11.1. The van der Waals surface area contributed by atoms with Crippen molar-refractivity contribution in [1.82, 2.24) is 0 Å². The Hall–Kier alpha value is 2.11. The topological polar surface area (TPSA) is 224 Å². The van der Waals surface area contributed by atoms with Crippen molar-refractivity contribution in [2.45, 2.75) is 0 Å². The molecule has 0 aliphatic carbocycles. The average molecular weight is 216 g/mol. The molecule has 0 aromatic rings. The molecule has 0 radical (unpaired) electrons. The van der Waals surface area contributed by atoms with E-state index in [4.69, 9.17) is 14.7 Å². The largest absolute Gasteiger partial charge is 1.00 e. The molecule has 8 nitrogen and oxygen atoms in total. The second-order valence-corrected chi connectivity index (χ2v) is 0.714. The molecular weight excluding hydrogens is 205 g/mol. The van der Waals surface area contributed by atoms with Crippen LogP contribution in [0.3, 0.4) is 0 Å². The van der Waals surface area contributed by atoms with Gasteiger partial charge in [0, 0.05) is 0 Å². The minimum Gasteiger partial charge on any atom is -0.820 e. The van der Waals surface area contributed by atoms with Gasteiger partial charge in [0.25, 0.3) is 0 Å². The number of hydrogen-bond acceptors (Lipinski definition) is 3. The van der Waals surface area contributed by atoms with Gasteiger partial charge in [-0.25, -0.2) is 0 Å². The van der Waals surface area contributed by atoms with Gasteiger partial charge in [-0.3, -0.25) is 0 Å². The van der Waals surface area contributed by atoms with E-state index in [-0.39, 0.29) is 86.5 Å². The summed E-state index contributed by atoms with van der Waals surface area (Å²) < 4.78 is 0. The van der Waals surface area contributed by atoms with Crippen LogP contribution in [0, 0.1) is 0 Å². The Balaban J connectivity index is -0.00000000214. The van der Waals surface area contributed by atoms with E-state index in [1.54, 1.807) is 0 Å². The van der Waals surface area contributed by atoms with E-state index in [0.717, 1.165) is 0 Å². The Morgan fingerprint density at radius 3 is 0.727 bits per heavy atom. The monoisotopic (exact) mass is 216 g/mol. The van der Waals surface area contributed by atoms with E-state index < -0.39 is 8.60 Å². The third kappa shape index (κ3) is 278. The quantitative estimate of drug-likeness (QED) is 0.307. The summed E-state index contributed by atoms with van der Waals surface area (Å²) in [7, 11) is -3.12. The molecule has 0 saturated carbocycles. The molecular formula is H11Na2O8P. The van der Waals surface area contributed by atoms with E-state index in [2.05, 4.69) is 0 Å². The van der Waals surface area contributed by atoms with Crippen molar-refractivity contribution < 1.29 is 101 Å². The molecule has 0 rings (SSSR count). The summed E-state index contributed by atoms with van der Waals surface area (Å²) in [6.07, 6.45) is 0. The van der Waals surface area contributed by atoms with E-state index >= 15 is 0 Å². The molecule has 11 heteroatoms. The molecule has 0 spiro atoms. The summed E-state index contributed by atoms with van der Waals surface area (Å²) in [6.45, 7) is 0. The maximum atomic E-state index is 8.59. The van der Waals surface area contributed by atoms with Crippen molar-refractivity contribution in [2.75, 3.05) is 0 Å². The molecule has 0 bridgehead atoms. The summed E-state index contributed by atoms with van der Waals surface area (Å²) in [6, 6.07) is 0. The van der Waals surface area contributed by atoms with Gasteiger partial charge >= 0.3 is 59.1 Å². The van der Waals surface area contributed by atoms with Crippen molar-refractivity contribution in [3.8, 4) is 0 Å². The average Bonchev–Trinajstić information content (AvgIpc) is 0.811. The fraction of sp³-hybridized carbons (Fsp3) is 0. The van der Waals surface area contributed by atoms with Crippen LogP contribution < -0.4 is 68.9 Å². The first-order valence-electron chi connectivity index (χ1n) is 0.565. The number of rotatable bonds is 0. The molecule has 0 aromatic carbocycles. The molecule has 11 heavy (non-hydrogen) atoms. The molecule has 0 atom stereocenters. The van der Waals surface area contributed by atoms with Crippen molar-refractivity contribution in [1.29, 1.82) is 0 Å². The zero-order chi connectivity index (χ0) is 3.58. The maximum Gasteiger partial charge on any atom is 1.00 e. The predicted octanol–water partition coefficient (Wildman–Crippen LogP) is -12.2. The van der Waals surface area contributed by atoms with Gasteiger partial charge in [0.2, 0.25) is 0 Å². The van der Waals surface area contributed by atoms with Gasteiger partial charge in [0.1, 0.15) is 0 Å². The van der Waals surface area contributed by atoms with Crippen LogP contribution in [-0.4, -0.2) is 32.3 Å². The van der Waals surface area contributed by atoms with Crippen LogP contribution in [0.2, 0.25) is 0 Å². The molecule has 11 N–H and O–H groups in total. The molecule has 0 unspecified atom stereocenters. The van der Waals surface area contributed by atoms with Crippen LogP contribution in [0.5, 0.6) is 0 Å². The van der Waals surface area contributed by atoms with Crippen LogP contribution in [0.15, 0.2) is 0 Å². The Kier molecular flexibility index (Phi) is 383. The predicted molar refractivity (Wildman–Crippen MR) is 27.2 cm³/mol. The molecule has 0 heterocycles. The Bertz CT molecular complexity index is 16.8. The second-order valence-electron chi connectivity index (χ2n) is 0.238. The van der Waals surface area contributed by atoms with Crippen LogP contribution in [0.4, 0.5) is 0 Å². The zero-order valence-electron chi connectivity index (χ0n) is 6.21. The smallest absolute Gasteiger partial charge is 0.820 e. The molecule has 0 saturated heterocycles. The summed E-state index contributed by atoms with van der Waals surface area (Å²) in [5.41, 5.74) is 0. The third-order valence-electron chi connectivity index (χ3n) is 0. The maximum absolute atomic E-state index is 8.59. The van der Waals surface area contributed by atoms with Crippen molar-refractivity contribution in [2.24, 2.45) is 0 Å². The fourth-order valence-corrected chi connectivity index (χ4v) is 0. The summed E-state index contributed by atoms with van der Waals surface area (Å²) in [5, 5.41) is 0. The van der Waals surface area contributed by atoms with Crippen LogP contribution in [0.1, 0.15) is 0 Å². The van der Waals surface area contributed by atoms with Crippen molar-refractivity contribution in [3.63, 3.8) is 0 Å². The minimum absolute atomic E-state index is 0. The minimum atomic E-state index is -3.12. The molecule has 0 aliphatic rings.